The number of rotatable bonds is 7. The predicted molar refractivity (Wildman–Crippen MR) is 93.5 cm³/mol. The summed E-state index contributed by atoms with van der Waals surface area (Å²) in [7, 11) is 1.89. The van der Waals surface area contributed by atoms with Crippen molar-refractivity contribution in [3.05, 3.63) is 35.4 Å². The molecule has 2 amide bonds. The molecule has 0 spiro atoms. The maximum atomic E-state index is 12.1. The topological polar surface area (TPSA) is 61.4 Å². The number of likely N-dealkylation sites (tertiary alicyclic amines) is 1. The molecule has 5 nitrogen and oxygen atoms in total. The van der Waals surface area contributed by atoms with Crippen molar-refractivity contribution in [1.82, 2.24) is 15.5 Å². The Morgan fingerprint density at radius 1 is 1.26 bits per heavy atom. The highest BCUT2D eigenvalue weighted by molar-refractivity contribution is 5.89. The number of carbonyl (C=O) groups is 2. The second-order valence-corrected chi connectivity index (χ2v) is 5.91. The van der Waals surface area contributed by atoms with E-state index >= 15 is 0 Å². The van der Waals surface area contributed by atoms with Crippen LogP contribution in [-0.2, 0) is 16.1 Å². The zero-order chi connectivity index (χ0) is 15.9. The van der Waals surface area contributed by atoms with E-state index in [-0.39, 0.29) is 30.1 Å². The summed E-state index contributed by atoms with van der Waals surface area (Å²) < 4.78 is 0. The van der Waals surface area contributed by atoms with Crippen LogP contribution in [0.3, 0.4) is 0 Å². The van der Waals surface area contributed by atoms with Gasteiger partial charge in [-0.1, -0.05) is 29.8 Å². The Morgan fingerprint density at radius 3 is 2.61 bits per heavy atom. The molecule has 128 valence electrons. The van der Waals surface area contributed by atoms with Gasteiger partial charge in [-0.2, -0.15) is 0 Å². The number of hydrogen-bond donors (Lipinski definition) is 2. The standard InChI is InChI=1S/C17H25N3O2.ClH/c1-13-4-6-14(7-5-13)11-20-12-15(10-16(20)21)17(22)19-9-3-8-18-2;/h4-7,15,18H,3,8-12H2,1-2H3,(H,19,22);1H. The van der Waals surface area contributed by atoms with Gasteiger partial charge in [0.2, 0.25) is 11.8 Å². The molecule has 1 unspecified atom stereocenters. The maximum absolute atomic E-state index is 12.1. The van der Waals surface area contributed by atoms with Gasteiger partial charge >= 0.3 is 0 Å². The van der Waals surface area contributed by atoms with E-state index in [0.717, 1.165) is 18.5 Å². The molecule has 23 heavy (non-hydrogen) atoms. The predicted octanol–water partition coefficient (Wildman–Crippen LogP) is 1.49. The van der Waals surface area contributed by atoms with E-state index in [1.807, 2.05) is 38.2 Å². The minimum atomic E-state index is -0.215. The highest BCUT2D eigenvalue weighted by Crippen LogP contribution is 2.20. The lowest BCUT2D eigenvalue weighted by molar-refractivity contribution is -0.129. The first kappa shape index (κ1) is 19.5. The van der Waals surface area contributed by atoms with Crippen LogP contribution in [0.5, 0.6) is 0 Å². The van der Waals surface area contributed by atoms with E-state index in [4.69, 9.17) is 0 Å². The monoisotopic (exact) mass is 339 g/mol. The molecule has 2 N–H and O–H groups in total. The normalized spacial score (nSPS) is 17.0. The van der Waals surface area contributed by atoms with Crippen LogP contribution < -0.4 is 10.6 Å². The quantitative estimate of drug-likeness (QED) is 0.740. The third kappa shape index (κ3) is 5.84. The van der Waals surface area contributed by atoms with Crippen LogP contribution in [0.15, 0.2) is 24.3 Å². The molecule has 1 aliphatic heterocycles. The molecule has 0 bridgehead atoms. The Morgan fingerprint density at radius 2 is 1.96 bits per heavy atom. The number of benzene rings is 1. The first-order valence-electron chi connectivity index (χ1n) is 7.86. The second-order valence-electron chi connectivity index (χ2n) is 5.91. The number of amides is 2. The van der Waals surface area contributed by atoms with Crippen molar-refractivity contribution < 1.29 is 9.59 Å². The third-order valence-corrected chi connectivity index (χ3v) is 3.98. The van der Waals surface area contributed by atoms with Crippen LogP contribution >= 0.6 is 12.4 Å². The molecular formula is C17H26ClN3O2. The van der Waals surface area contributed by atoms with E-state index in [2.05, 4.69) is 10.6 Å². The van der Waals surface area contributed by atoms with Crippen LogP contribution in [0.4, 0.5) is 0 Å². The van der Waals surface area contributed by atoms with Gasteiger partial charge in [0, 0.05) is 26.1 Å². The lowest BCUT2D eigenvalue weighted by Crippen LogP contribution is -2.34. The summed E-state index contributed by atoms with van der Waals surface area (Å²) in [5, 5.41) is 5.96. The summed E-state index contributed by atoms with van der Waals surface area (Å²) in [6.07, 6.45) is 1.22. The van der Waals surface area contributed by atoms with Gasteiger partial charge in [-0.05, 0) is 32.5 Å². The Kier molecular flexibility index (Phi) is 8.06. The Bertz CT molecular complexity index is 519. The molecule has 1 atom stereocenters. The lowest BCUT2D eigenvalue weighted by Gasteiger charge is -2.17. The van der Waals surface area contributed by atoms with Gasteiger partial charge in [-0.15, -0.1) is 12.4 Å². The zero-order valence-corrected chi connectivity index (χ0v) is 14.6. The molecule has 0 aromatic heterocycles. The van der Waals surface area contributed by atoms with Crippen molar-refractivity contribution in [2.45, 2.75) is 26.3 Å². The fraction of sp³-hybridized carbons (Fsp3) is 0.529. The number of hydrogen-bond acceptors (Lipinski definition) is 3. The minimum Gasteiger partial charge on any atom is -0.356 e. The molecule has 1 aromatic rings. The van der Waals surface area contributed by atoms with Crippen LogP contribution in [0.1, 0.15) is 24.0 Å². The molecule has 1 aliphatic rings. The molecule has 1 saturated heterocycles. The summed E-state index contributed by atoms with van der Waals surface area (Å²) in [6, 6.07) is 8.16. The van der Waals surface area contributed by atoms with Gasteiger partial charge in [0.1, 0.15) is 0 Å². The van der Waals surface area contributed by atoms with Crippen LogP contribution in [-0.4, -0.2) is 43.4 Å². The van der Waals surface area contributed by atoms with Gasteiger partial charge in [-0.3, -0.25) is 9.59 Å². The van der Waals surface area contributed by atoms with E-state index in [1.165, 1.54) is 5.56 Å². The van der Waals surface area contributed by atoms with Gasteiger partial charge in [0.25, 0.3) is 0 Å². The molecule has 6 heteroatoms. The average Bonchev–Trinajstić information content (AvgIpc) is 2.87. The first-order chi connectivity index (χ1) is 10.6. The van der Waals surface area contributed by atoms with Crippen LogP contribution in [0.2, 0.25) is 0 Å². The van der Waals surface area contributed by atoms with Crippen molar-refractivity contribution in [2.75, 3.05) is 26.7 Å². The average molecular weight is 340 g/mol. The van der Waals surface area contributed by atoms with E-state index < -0.39 is 0 Å². The van der Waals surface area contributed by atoms with E-state index in [9.17, 15) is 9.59 Å². The molecule has 2 rings (SSSR count). The molecule has 1 heterocycles. The minimum absolute atomic E-state index is 0. The van der Waals surface area contributed by atoms with Crippen molar-refractivity contribution in [2.24, 2.45) is 5.92 Å². The SMILES string of the molecule is CNCCCNC(=O)C1CC(=O)N(Cc2ccc(C)cc2)C1.Cl. The Hall–Kier alpha value is -1.59. The summed E-state index contributed by atoms with van der Waals surface area (Å²) in [5.74, 6) is -0.153. The van der Waals surface area contributed by atoms with Gasteiger partial charge in [-0.25, -0.2) is 0 Å². The van der Waals surface area contributed by atoms with Gasteiger partial charge < -0.3 is 15.5 Å². The summed E-state index contributed by atoms with van der Waals surface area (Å²) in [6.45, 7) is 4.68. The van der Waals surface area contributed by atoms with Gasteiger partial charge in [0.05, 0.1) is 5.92 Å². The van der Waals surface area contributed by atoms with Crippen molar-refractivity contribution in [3.63, 3.8) is 0 Å². The van der Waals surface area contributed by atoms with E-state index in [1.54, 1.807) is 4.90 Å². The summed E-state index contributed by atoms with van der Waals surface area (Å²) in [4.78, 5) is 25.9. The van der Waals surface area contributed by atoms with Crippen molar-refractivity contribution in [3.8, 4) is 0 Å². The molecule has 1 aromatic carbocycles. The fourth-order valence-electron chi connectivity index (χ4n) is 2.64. The second kappa shape index (κ2) is 9.53. The first-order valence-corrected chi connectivity index (χ1v) is 7.86. The van der Waals surface area contributed by atoms with Gasteiger partial charge in [0.15, 0.2) is 0 Å². The number of carbonyl (C=O) groups excluding carboxylic acids is 2. The number of aryl methyl sites for hydroxylation is 1. The lowest BCUT2D eigenvalue weighted by atomic mass is 10.1. The summed E-state index contributed by atoms with van der Waals surface area (Å²) >= 11 is 0. The Balaban J connectivity index is 0.00000264. The van der Waals surface area contributed by atoms with Crippen LogP contribution in [0.25, 0.3) is 0 Å². The smallest absolute Gasteiger partial charge is 0.225 e. The number of halogens is 1. The summed E-state index contributed by atoms with van der Waals surface area (Å²) in [5.41, 5.74) is 2.31. The van der Waals surface area contributed by atoms with Crippen molar-refractivity contribution >= 4 is 24.2 Å². The fourth-order valence-corrected chi connectivity index (χ4v) is 2.64. The zero-order valence-electron chi connectivity index (χ0n) is 13.8. The Labute approximate surface area is 144 Å². The molecule has 0 aliphatic carbocycles. The van der Waals surface area contributed by atoms with E-state index in [0.29, 0.717) is 26.1 Å². The molecule has 0 radical (unpaired) electrons. The number of nitrogens with zero attached hydrogens (tertiary/aromatic N) is 1. The maximum Gasteiger partial charge on any atom is 0.225 e. The highest BCUT2D eigenvalue weighted by Gasteiger charge is 2.33. The molecule has 0 saturated carbocycles. The molecular weight excluding hydrogens is 314 g/mol. The number of nitrogens with one attached hydrogen (secondary N) is 2. The highest BCUT2D eigenvalue weighted by atomic mass is 35.5. The van der Waals surface area contributed by atoms with Crippen molar-refractivity contribution in [1.29, 1.82) is 0 Å². The third-order valence-electron chi connectivity index (χ3n) is 3.98. The largest absolute Gasteiger partial charge is 0.356 e. The van der Waals surface area contributed by atoms with Crippen LogP contribution in [0, 0.1) is 12.8 Å². The molecule has 1 fully saturated rings.